The van der Waals surface area contributed by atoms with E-state index in [1.54, 1.807) is 0 Å². The van der Waals surface area contributed by atoms with Crippen LogP contribution in [0.4, 0.5) is 8.78 Å². The van der Waals surface area contributed by atoms with E-state index in [1.807, 2.05) is 0 Å². The second-order valence-electron chi connectivity index (χ2n) is 4.13. The van der Waals surface area contributed by atoms with Crippen molar-refractivity contribution >= 4 is 5.78 Å². The van der Waals surface area contributed by atoms with E-state index in [2.05, 4.69) is 10.1 Å². The van der Waals surface area contributed by atoms with E-state index < -0.39 is 23.0 Å². The Morgan fingerprint density at radius 1 is 1.47 bits per heavy atom. The molecule has 1 atom stereocenters. The molecule has 100 valence electrons. The zero-order chi connectivity index (χ0) is 14.0. The number of nitrogens with zero attached hydrogens (tertiary/aromatic N) is 3. The Labute approximate surface area is 107 Å². The van der Waals surface area contributed by atoms with Gasteiger partial charge in [0.25, 0.3) is 0 Å². The number of hydrogen-bond acceptors (Lipinski definition) is 4. The smallest absolute Gasteiger partial charge is 0.170 e. The highest BCUT2D eigenvalue weighted by Gasteiger charge is 2.38. The van der Waals surface area contributed by atoms with Crippen LogP contribution in [-0.4, -0.2) is 25.7 Å². The molecule has 0 amide bonds. The lowest BCUT2D eigenvalue weighted by Crippen LogP contribution is -2.39. The molecule has 0 aliphatic heterocycles. The molecule has 7 heteroatoms. The predicted octanol–water partition coefficient (Wildman–Crippen LogP) is 1.03. The summed E-state index contributed by atoms with van der Waals surface area (Å²) >= 11 is 0. The highest BCUT2D eigenvalue weighted by Crippen LogP contribution is 2.27. The van der Waals surface area contributed by atoms with Crippen molar-refractivity contribution in [3.05, 3.63) is 48.1 Å². The number of carbonyl (C=O) groups is 1. The minimum Gasteiger partial charge on any atom is -0.375 e. The Morgan fingerprint density at radius 3 is 2.74 bits per heavy atom. The molecule has 2 rings (SSSR count). The van der Waals surface area contributed by atoms with E-state index in [9.17, 15) is 18.7 Å². The Kier molecular flexibility index (Phi) is 3.39. The quantitative estimate of drug-likeness (QED) is 0.898. The normalized spacial score (nSPS) is 14.1. The fourth-order valence-electron chi connectivity index (χ4n) is 1.76. The Morgan fingerprint density at radius 2 is 2.21 bits per heavy atom. The van der Waals surface area contributed by atoms with Crippen LogP contribution in [0.3, 0.4) is 0 Å². The third kappa shape index (κ3) is 2.50. The molecule has 0 radical (unpaired) electrons. The Balaban J connectivity index is 2.47. The number of halogens is 2. The number of benzene rings is 1. The van der Waals surface area contributed by atoms with Gasteiger partial charge < -0.3 is 5.11 Å². The zero-order valence-corrected chi connectivity index (χ0v) is 10.0. The highest BCUT2D eigenvalue weighted by atomic mass is 19.1. The first-order valence-electron chi connectivity index (χ1n) is 5.45. The van der Waals surface area contributed by atoms with Gasteiger partial charge in [0.2, 0.25) is 0 Å². The largest absolute Gasteiger partial charge is 0.375 e. The second-order valence-corrected chi connectivity index (χ2v) is 4.13. The summed E-state index contributed by atoms with van der Waals surface area (Å²) in [5, 5.41) is 14.2. The molecule has 2 aromatic rings. The van der Waals surface area contributed by atoms with E-state index in [1.165, 1.54) is 17.3 Å². The lowest BCUT2D eigenvalue weighted by atomic mass is 9.89. The van der Waals surface area contributed by atoms with Crippen LogP contribution in [0, 0.1) is 11.6 Å². The van der Waals surface area contributed by atoms with Crippen molar-refractivity contribution in [2.75, 3.05) is 0 Å². The molecule has 0 fully saturated rings. The molecule has 0 aliphatic carbocycles. The summed E-state index contributed by atoms with van der Waals surface area (Å²) in [5.41, 5.74) is -2.41. The Hall–Kier alpha value is -2.15. The van der Waals surface area contributed by atoms with Crippen LogP contribution in [0.5, 0.6) is 0 Å². The van der Waals surface area contributed by atoms with Crippen molar-refractivity contribution in [2.45, 2.75) is 19.1 Å². The van der Waals surface area contributed by atoms with E-state index >= 15 is 0 Å². The molecule has 5 nitrogen and oxygen atoms in total. The number of hydrogen-bond donors (Lipinski definition) is 1. The SMILES string of the molecule is CC(=O)[C@](O)(Cn1cncn1)c1ccc(F)cc1F. The first-order valence-corrected chi connectivity index (χ1v) is 5.45. The second kappa shape index (κ2) is 4.85. The number of carbonyl (C=O) groups excluding carboxylic acids is 1. The molecule has 0 saturated carbocycles. The maximum atomic E-state index is 13.7. The van der Waals surface area contributed by atoms with Gasteiger partial charge in [-0.2, -0.15) is 5.10 Å². The monoisotopic (exact) mass is 267 g/mol. The number of aliphatic hydroxyl groups is 1. The van der Waals surface area contributed by atoms with Crippen LogP contribution in [0.25, 0.3) is 0 Å². The van der Waals surface area contributed by atoms with E-state index in [-0.39, 0.29) is 12.1 Å². The average molecular weight is 267 g/mol. The van der Waals surface area contributed by atoms with Crippen molar-refractivity contribution < 1.29 is 18.7 Å². The topological polar surface area (TPSA) is 68.0 Å². The predicted molar refractivity (Wildman–Crippen MR) is 61.0 cm³/mol. The first-order chi connectivity index (χ1) is 8.93. The molecular weight excluding hydrogens is 256 g/mol. The summed E-state index contributed by atoms with van der Waals surface area (Å²) < 4.78 is 27.8. The molecule has 1 aromatic carbocycles. The lowest BCUT2D eigenvalue weighted by Gasteiger charge is -2.25. The van der Waals surface area contributed by atoms with Crippen LogP contribution in [0.2, 0.25) is 0 Å². The molecule has 1 aromatic heterocycles. The molecule has 0 saturated heterocycles. The molecule has 0 unspecified atom stereocenters. The number of rotatable bonds is 4. The summed E-state index contributed by atoms with van der Waals surface area (Å²) in [6, 6.07) is 2.64. The van der Waals surface area contributed by atoms with E-state index in [0.29, 0.717) is 6.07 Å². The van der Waals surface area contributed by atoms with Gasteiger partial charge in [0, 0.05) is 11.6 Å². The molecule has 0 bridgehead atoms. The standard InChI is InChI=1S/C12H11F2N3O2/c1-8(18)12(19,5-17-7-15-6-16-17)10-3-2-9(13)4-11(10)14/h2-4,6-7,19H,5H2,1H3/t12-/m1/s1. The fourth-order valence-corrected chi connectivity index (χ4v) is 1.76. The van der Waals surface area contributed by atoms with Crippen LogP contribution in [-0.2, 0) is 16.9 Å². The molecule has 0 aliphatic rings. The van der Waals surface area contributed by atoms with Crippen molar-refractivity contribution in [1.29, 1.82) is 0 Å². The minimum atomic E-state index is -2.12. The third-order valence-electron chi connectivity index (χ3n) is 2.82. The maximum absolute atomic E-state index is 13.7. The van der Waals surface area contributed by atoms with Gasteiger partial charge >= 0.3 is 0 Å². The summed E-state index contributed by atoms with van der Waals surface area (Å²) in [5.74, 6) is -2.45. The summed E-state index contributed by atoms with van der Waals surface area (Å²) in [6.45, 7) is 0.824. The highest BCUT2D eigenvalue weighted by molar-refractivity contribution is 5.86. The molecule has 1 N–H and O–H groups in total. The summed E-state index contributed by atoms with van der Waals surface area (Å²) in [7, 11) is 0. The molecule has 19 heavy (non-hydrogen) atoms. The minimum absolute atomic E-state index is 0.295. The fraction of sp³-hybridized carbons (Fsp3) is 0.250. The van der Waals surface area contributed by atoms with Gasteiger partial charge in [-0.25, -0.2) is 18.4 Å². The van der Waals surface area contributed by atoms with Crippen molar-refractivity contribution in [3.8, 4) is 0 Å². The van der Waals surface area contributed by atoms with E-state index in [4.69, 9.17) is 0 Å². The van der Waals surface area contributed by atoms with Gasteiger partial charge in [-0.3, -0.25) is 4.79 Å². The number of Topliss-reactive ketones (excluding diaryl/α,β-unsaturated/α-hetero) is 1. The van der Waals surface area contributed by atoms with Crippen LogP contribution < -0.4 is 0 Å². The van der Waals surface area contributed by atoms with Gasteiger partial charge in [-0.1, -0.05) is 0 Å². The molecule has 0 spiro atoms. The first kappa shape index (κ1) is 13.3. The average Bonchev–Trinajstić information content (AvgIpc) is 2.81. The summed E-state index contributed by atoms with van der Waals surface area (Å²) in [6.07, 6.45) is 2.51. The Bertz CT molecular complexity index is 601. The molecule has 1 heterocycles. The van der Waals surface area contributed by atoms with Gasteiger partial charge in [-0.05, 0) is 19.1 Å². The van der Waals surface area contributed by atoms with Gasteiger partial charge in [0.1, 0.15) is 24.3 Å². The zero-order valence-electron chi connectivity index (χ0n) is 10.0. The van der Waals surface area contributed by atoms with Crippen LogP contribution in [0.15, 0.2) is 30.9 Å². The van der Waals surface area contributed by atoms with E-state index in [0.717, 1.165) is 19.1 Å². The van der Waals surface area contributed by atoms with Gasteiger partial charge in [-0.15, -0.1) is 0 Å². The van der Waals surface area contributed by atoms with Crippen LogP contribution in [0.1, 0.15) is 12.5 Å². The summed E-state index contributed by atoms with van der Waals surface area (Å²) in [4.78, 5) is 15.3. The number of ketones is 1. The third-order valence-corrected chi connectivity index (χ3v) is 2.82. The van der Waals surface area contributed by atoms with Crippen molar-refractivity contribution in [1.82, 2.24) is 14.8 Å². The maximum Gasteiger partial charge on any atom is 0.170 e. The van der Waals surface area contributed by atoms with Crippen molar-refractivity contribution in [3.63, 3.8) is 0 Å². The van der Waals surface area contributed by atoms with Crippen molar-refractivity contribution in [2.24, 2.45) is 0 Å². The van der Waals surface area contributed by atoms with Gasteiger partial charge in [0.05, 0.1) is 6.54 Å². The lowest BCUT2D eigenvalue weighted by molar-refractivity contribution is -0.138. The number of aromatic nitrogens is 3. The van der Waals surface area contributed by atoms with Crippen LogP contribution >= 0.6 is 0 Å². The molecular formula is C12H11F2N3O2. The van der Waals surface area contributed by atoms with Gasteiger partial charge in [0.15, 0.2) is 11.4 Å².